The van der Waals surface area contributed by atoms with E-state index in [-0.39, 0.29) is 0 Å². The summed E-state index contributed by atoms with van der Waals surface area (Å²) in [4.78, 5) is 0. The highest BCUT2D eigenvalue weighted by atomic mass is 16.3. The van der Waals surface area contributed by atoms with E-state index in [1.807, 2.05) is 23.2 Å². The smallest absolute Gasteiger partial charge is 0.125 e. The van der Waals surface area contributed by atoms with Crippen LogP contribution in [0.4, 0.5) is 0 Å². The molecule has 0 spiro atoms. The molecule has 2 heterocycles. The van der Waals surface area contributed by atoms with Gasteiger partial charge in [0.25, 0.3) is 0 Å². The van der Waals surface area contributed by atoms with Crippen molar-refractivity contribution >= 4 is 0 Å². The van der Waals surface area contributed by atoms with Gasteiger partial charge in [0.15, 0.2) is 0 Å². The highest BCUT2D eigenvalue weighted by Crippen LogP contribution is 2.19. The largest absolute Gasteiger partial charge is 0.467 e. The van der Waals surface area contributed by atoms with E-state index in [0.717, 1.165) is 18.3 Å². The molecule has 0 aliphatic heterocycles. The van der Waals surface area contributed by atoms with Gasteiger partial charge in [-0.25, -0.2) is 0 Å². The molecule has 0 aromatic carbocycles. The van der Waals surface area contributed by atoms with Crippen molar-refractivity contribution in [3.8, 4) is 0 Å². The summed E-state index contributed by atoms with van der Waals surface area (Å²) in [5.74, 6) is 0.955. The van der Waals surface area contributed by atoms with E-state index in [9.17, 15) is 0 Å². The maximum absolute atomic E-state index is 5.49. The molecule has 0 atom stereocenters. The van der Waals surface area contributed by atoms with Gasteiger partial charge in [0.2, 0.25) is 0 Å². The molecule has 0 saturated heterocycles. The van der Waals surface area contributed by atoms with E-state index in [1.54, 1.807) is 6.20 Å². The van der Waals surface area contributed by atoms with E-state index >= 15 is 0 Å². The van der Waals surface area contributed by atoms with Crippen LogP contribution in [-0.2, 0) is 13.1 Å². The number of aromatic nitrogens is 2. The van der Waals surface area contributed by atoms with Crippen LogP contribution in [0.3, 0.4) is 0 Å². The van der Waals surface area contributed by atoms with Gasteiger partial charge >= 0.3 is 0 Å². The van der Waals surface area contributed by atoms with Gasteiger partial charge in [-0.1, -0.05) is 0 Å². The van der Waals surface area contributed by atoms with Crippen LogP contribution < -0.4 is 5.32 Å². The van der Waals surface area contributed by atoms with E-state index in [2.05, 4.69) is 16.5 Å². The third-order valence-corrected chi connectivity index (χ3v) is 2.76. The Morgan fingerprint density at radius 3 is 3.19 bits per heavy atom. The van der Waals surface area contributed by atoms with Crippen molar-refractivity contribution in [3.63, 3.8) is 0 Å². The van der Waals surface area contributed by atoms with Crippen molar-refractivity contribution in [1.82, 2.24) is 15.1 Å². The van der Waals surface area contributed by atoms with E-state index in [1.165, 1.54) is 18.4 Å². The van der Waals surface area contributed by atoms with Gasteiger partial charge in [-0.3, -0.25) is 4.68 Å². The van der Waals surface area contributed by atoms with Gasteiger partial charge in [-0.2, -0.15) is 5.10 Å². The predicted molar refractivity (Wildman–Crippen MR) is 59.9 cm³/mol. The second-order valence-corrected chi connectivity index (χ2v) is 4.28. The SMILES string of the molecule is c1cnn(Cc2cc(CNC3CC3)co2)c1. The highest BCUT2D eigenvalue weighted by molar-refractivity contribution is 5.13. The first kappa shape index (κ1) is 9.66. The summed E-state index contributed by atoms with van der Waals surface area (Å²) in [7, 11) is 0. The van der Waals surface area contributed by atoms with Gasteiger partial charge in [-0.05, 0) is 25.0 Å². The summed E-state index contributed by atoms with van der Waals surface area (Å²) >= 11 is 0. The normalized spacial score (nSPS) is 15.5. The molecule has 1 saturated carbocycles. The fourth-order valence-corrected chi connectivity index (χ4v) is 1.71. The summed E-state index contributed by atoms with van der Waals surface area (Å²) in [6, 6.07) is 4.75. The summed E-state index contributed by atoms with van der Waals surface area (Å²) < 4.78 is 7.35. The lowest BCUT2D eigenvalue weighted by molar-refractivity contribution is 0.478. The number of rotatable bonds is 5. The molecule has 3 rings (SSSR count). The minimum atomic E-state index is 0.705. The van der Waals surface area contributed by atoms with Gasteiger partial charge < -0.3 is 9.73 Å². The quantitative estimate of drug-likeness (QED) is 0.830. The average Bonchev–Trinajstić information content (AvgIpc) is 2.78. The van der Waals surface area contributed by atoms with Crippen molar-refractivity contribution < 1.29 is 4.42 Å². The lowest BCUT2D eigenvalue weighted by Gasteiger charge is -1.97. The molecule has 84 valence electrons. The van der Waals surface area contributed by atoms with E-state index in [0.29, 0.717) is 6.54 Å². The van der Waals surface area contributed by atoms with Gasteiger partial charge in [0, 0.05) is 30.5 Å². The Morgan fingerprint density at radius 2 is 2.44 bits per heavy atom. The Hall–Kier alpha value is -1.55. The zero-order chi connectivity index (χ0) is 10.8. The molecular weight excluding hydrogens is 202 g/mol. The Labute approximate surface area is 94.3 Å². The third kappa shape index (κ3) is 2.33. The number of furan rings is 1. The van der Waals surface area contributed by atoms with Crippen LogP contribution in [0.2, 0.25) is 0 Å². The number of hydrogen-bond donors (Lipinski definition) is 1. The van der Waals surface area contributed by atoms with Gasteiger partial charge in [-0.15, -0.1) is 0 Å². The minimum Gasteiger partial charge on any atom is -0.467 e. The Morgan fingerprint density at radius 1 is 1.50 bits per heavy atom. The fourth-order valence-electron chi connectivity index (χ4n) is 1.71. The third-order valence-electron chi connectivity index (χ3n) is 2.76. The van der Waals surface area contributed by atoms with Crippen LogP contribution in [0.25, 0.3) is 0 Å². The molecular formula is C12H15N3O. The molecule has 4 heteroatoms. The van der Waals surface area contributed by atoms with Crippen molar-refractivity contribution in [2.45, 2.75) is 32.0 Å². The zero-order valence-electron chi connectivity index (χ0n) is 9.10. The van der Waals surface area contributed by atoms with Crippen LogP contribution in [0.1, 0.15) is 24.2 Å². The van der Waals surface area contributed by atoms with Crippen LogP contribution in [0.5, 0.6) is 0 Å². The average molecular weight is 217 g/mol. The molecule has 0 bridgehead atoms. The summed E-state index contributed by atoms with van der Waals surface area (Å²) in [5.41, 5.74) is 1.22. The molecule has 1 aliphatic carbocycles. The standard InChI is InChI=1S/C12H15N3O/c1-4-14-15(5-1)8-12-6-10(9-16-12)7-13-11-2-3-11/h1,4-6,9,11,13H,2-3,7-8H2. The Bertz CT molecular complexity index is 443. The lowest BCUT2D eigenvalue weighted by atomic mass is 10.3. The highest BCUT2D eigenvalue weighted by Gasteiger charge is 2.20. The molecule has 1 fully saturated rings. The number of nitrogens with one attached hydrogen (secondary N) is 1. The topological polar surface area (TPSA) is 43.0 Å². The van der Waals surface area contributed by atoms with Crippen LogP contribution >= 0.6 is 0 Å². The number of hydrogen-bond acceptors (Lipinski definition) is 3. The molecule has 0 radical (unpaired) electrons. The van der Waals surface area contributed by atoms with Crippen LogP contribution in [-0.4, -0.2) is 15.8 Å². The van der Waals surface area contributed by atoms with E-state index in [4.69, 9.17) is 4.42 Å². The minimum absolute atomic E-state index is 0.705. The van der Waals surface area contributed by atoms with Crippen molar-refractivity contribution in [2.24, 2.45) is 0 Å². The summed E-state index contributed by atoms with van der Waals surface area (Å²) in [6.45, 7) is 1.61. The second kappa shape index (κ2) is 4.14. The first-order valence-electron chi connectivity index (χ1n) is 5.67. The van der Waals surface area contributed by atoms with Crippen molar-refractivity contribution in [1.29, 1.82) is 0 Å². The second-order valence-electron chi connectivity index (χ2n) is 4.28. The molecule has 1 N–H and O–H groups in total. The zero-order valence-corrected chi connectivity index (χ0v) is 9.10. The summed E-state index contributed by atoms with van der Waals surface area (Å²) in [5, 5.41) is 7.61. The lowest BCUT2D eigenvalue weighted by Crippen LogP contribution is -2.14. The molecule has 1 aliphatic rings. The van der Waals surface area contributed by atoms with Crippen molar-refractivity contribution in [3.05, 3.63) is 42.1 Å². The monoisotopic (exact) mass is 217 g/mol. The predicted octanol–water partition coefficient (Wildman–Crippen LogP) is 1.78. The molecule has 2 aromatic heterocycles. The maximum Gasteiger partial charge on any atom is 0.125 e. The maximum atomic E-state index is 5.49. The number of nitrogens with zero attached hydrogens (tertiary/aromatic N) is 2. The van der Waals surface area contributed by atoms with Gasteiger partial charge in [0.1, 0.15) is 5.76 Å². The van der Waals surface area contributed by atoms with Crippen molar-refractivity contribution in [2.75, 3.05) is 0 Å². The fraction of sp³-hybridized carbons (Fsp3) is 0.417. The Kier molecular flexibility index (Phi) is 2.50. The molecule has 4 nitrogen and oxygen atoms in total. The van der Waals surface area contributed by atoms with E-state index < -0.39 is 0 Å². The first-order chi connectivity index (χ1) is 7.90. The molecule has 0 unspecified atom stereocenters. The molecule has 0 amide bonds. The molecule has 16 heavy (non-hydrogen) atoms. The Balaban J connectivity index is 1.58. The van der Waals surface area contributed by atoms with Crippen LogP contribution in [0.15, 0.2) is 35.2 Å². The van der Waals surface area contributed by atoms with Gasteiger partial charge in [0.05, 0.1) is 12.8 Å². The van der Waals surface area contributed by atoms with Crippen LogP contribution in [0, 0.1) is 0 Å². The summed E-state index contributed by atoms with van der Waals surface area (Å²) in [6.07, 6.45) is 8.17. The first-order valence-corrected chi connectivity index (χ1v) is 5.67. The molecule has 2 aromatic rings.